The van der Waals surface area contributed by atoms with Gasteiger partial charge in [-0.05, 0) is 37.5 Å². The molecule has 2 N–H and O–H groups in total. The van der Waals surface area contributed by atoms with E-state index in [1.165, 1.54) is 0 Å². The van der Waals surface area contributed by atoms with Gasteiger partial charge in [-0.2, -0.15) is 8.78 Å². The molecule has 1 aromatic heterocycles. The summed E-state index contributed by atoms with van der Waals surface area (Å²) in [7, 11) is 0. The number of rotatable bonds is 10. The van der Waals surface area contributed by atoms with E-state index in [-0.39, 0.29) is 49.7 Å². The average Bonchev–Trinajstić information content (AvgIpc) is 3.23. The third-order valence-corrected chi connectivity index (χ3v) is 8.47. The minimum atomic E-state index is -3.04. The van der Waals surface area contributed by atoms with Crippen molar-refractivity contribution in [1.82, 2.24) is 14.8 Å². The van der Waals surface area contributed by atoms with Gasteiger partial charge < -0.3 is 15.0 Å². The van der Waals surface area contributed by atoms with E-state index >= 15 is 4.39 Å². The molecule has 40 heavy (non-hydrogen) atoms. The number of hydrogen-bond donors (Lipinski definition) is 2. The second-order valence-corrected chi connectivity index (χ2v) is 11.5. The molecule has 214 valence electrons. The van der Waals surface area contributed by atoms with Crippen molar-refractivity contribution in [2.45, 2.75) is 63.0 Å². The average molecular weight is 559 g/mol. The Morgan fingerprint density at radius 1 is 1.18 bits per heavy atom. The Labute approximate surface area is 230 Å². The van der Waals surface area contributed by atoms with Crippen LogP contribution in [0.5, 0.6) is 5.75 Å². The van der Waals surface area contributed by atoms with Crippen LogP contribution in [0.3, 0.4) is 0 Å². The number of anilines is 1. The molecule has 6 nitrogen and oxygen atoms in total. The molecule has 2 aromatic carbocycles. The molecule has 1 aliphatic carbocycles. The van der Waals surface area contributed by atoms with Crippen LogP contribution in [-0.2, 0) is 11.2 Å². The molecule has 0 bridgehead atoms. The van der Waals surface area contributed by atoms with Crippen molar-refractivity contribution in [2.75, 3.05) is 38.2 Å². The largest absolute Gasteiger partial charge is 0.434 e. The summed E-state index contributed by atoms with van der Waals surface area (Å²) in [5.41, 5.74) is 2.35. The highest BCUT2D eigenvalue weighted by molar-refractivity contribution is 5.87. The number of carbonyl (C=O) groups excluding carboxylic acids is 1. The van der Waals surface area contributed by atoms with Crippen molar-refractivity contribution in [3.8, 4) is 5.75 Å². The predicted octanol–water partition coefficient (Wildman–Crippen LogP) is 5.63. The molecular weight excluding hydrogens is 524 g/mol. The van der Waals surface area contributed by atoms with E-state index in [1.807, 2.05) is 42.2 Å². The van der Waals surface area contributed by atoms with E-state index in [4.69, 9.17) is 4.74 Å². The summed E-state index contributed by atoms with van der Waals surface area (Å²) in [6, 6.07) is 12.6. The van der Waals surface area contributed by atoms with E-state index in [0.29, 0.717) is 30.6 Å². The Morgan fingerprint density at radius 2 is 1.95 bits per heavy atom. The maximum atomic E-state index is 15.6. The number of halogens is 4. The molecule has 3 aliphatic rings. The summed E-state index contributed by atoms with van der Waals surface area (Å²) in [6.45, 7) is 0.826. The molecule has 0 amide bonds. The molecule has 0 radical (unpaired) electrons. The molecule has 6 rings (SSSR count). The van der Waals surface area contributed by atoms with Crippen LogP contribution in [0.15, 0.2) is 42.5 Å². The van der Waals surface area contributed by atoms with Crippen LogP contribution in [-0.4, -0.2) is 77.8 Å². The lowest BCUT2D eigenvalue weighted by Crippen LogP contribution is -2.54. The van der Waals surface area contributed by atoms with Gasteiger partial charge in [-0.3, -0.25) is 19.0 Å². The molecule has 2 fully saturated rings. The number of hydrogen-bond acceptors (Lipinski definition) is 5. The maximum Gasteiger partial charge on any atom is 0.387 e. The Balaban J connectivity index is 1.36. The van der Waals surface area contributed by atoms with Gasteiger partial charge in [0.25, 0.3) is 0 Å². The summed E-state index contributed by atoms with van der Waals surface area (Å²) in [5.74, 6) is -0.0775. The molecule has 3 heterocycles. The smallest absolute Gasteiger partial charge is 0.387 e. The number of fused-ring (bicyclic) bond motifs is 3. The number of ketones is 1. The quantitative estimate of drug-likeness (QED) is 0.316. The van der Waals surface area contributed by atoms with Crippen molar-refractivity contribution < 1.29 is 27.1 Å². The molecule has 1 saturated carbocycles. The highest BCUT2D eigenvalue weighted by Crippen LogP contribution is 2.46. The molecule has 10 heteroatoms. The van der Waals surface area contributed by atoms with Crippen LogP contribution < -0.4 is 10.1 Å². The normalized spacial score (nSPS) is 23.2. The van der Waals surface area contributed by atoms with Crippen LogP contribution in [0.2, 0.25) is 0 Å². The fraction of sp³-hybridized carbons (Fsp3) is 0.500. The van der Waals surface area contributed by atoms with Crippen LogP contribution in [0.4, 0.5) is 23.2 Å². The lowest BCUT2D eigenvalue weighted by atomic mass is 9.78. The second-order valence-electron chi connectivity index (χ2n) is 11.5. The number of alkyl halides is 4. The molecule has 1 saturated heterocycles. The Morgan fingerprint density at radius 3 is 2.67 bits per heavy atom. The summed E-state index contributed by atoms with van der Waals surface area (Å²) in [5, 5.41) is 4.43. The highest BCUT2D eigenvalue weighted by atomic mass is 19.3. The van der Waals surface area contributed by atoms with E-state index < -0.39 is 18.3 Å². The second kappa shape index (κ2) is 10.7. The van der Waals surface area contributed by atoms with Crippen molar-refractivity contribution >= 4 is 22.4 Å². The third kappa shape index (κ3) is 5.19. The molecular formula is C30H34F4N4O2. The minimum absolute atomic E-state index is 0.0181. The summed E-state index contributed by atoms with van der Waals surface area (Å²) in [4.78, 5) is 19.3. The number of benzene rings is 2. The van der Waals surface area contributed by atoms with Crippen molar-refractivity contribution in [3.05, 3.63) is 59.3 Å². The summed E-state index contributed by atoms with van der Waals surface area (Å²) < 4.78 is 60.6. The van der Waals surface area contributed by atoms with Crippen LogP contribution in [0, 0.1) is 0 Å². The number of ether oxygens (including phenoxy) is 1. The first-order valence-corrected chi connectivity index (χ1v) is 13.9. The van der Waals surface area contributed by atoms with Crippen LogP contribution in [0.1, 0.15) is 49.0 Å². The first kappa shape index (κ1) is 27.1. The molecule has 3 aromatic rings. The van der Waals surface area contributed by atoms with Gasteiger partial charge in [-0.15, -0.1) is 0 Å². The number of likely N-dealkylation sites (tertiary alicyclic amines) is 1. The third-order valence-electron chi connectivity index (χ3n) is 8.47. The van der Waals surface area contributed by atoms with Gasteiger partial charge in [-0.25, -0.2) is 4.39 Å². The number of Topliss-reactive ketones (excluding diaryl/α,β-unsaturated/α-hetero) is 1. The van der Waals surface area contributed by atoms with Gasteiger partial charge in [0.1, 0.15) is 17.2 Å². The molecule has 2 atom stereocenters. The standard InChI is InChI=1S/C30H34F4N4O2/c1-18-11-24-22-5-2-3-6-25(22)36-27(24)28(38(18)17-30(34)13-21(39)14-30)23-8-7-19(12-26(23)40-29(32)33)35-20-15-37(16-20)10-4-9-31/h2-3,5-8,12,18,20,28-29,35-36H,4,9-11,13-17H2,1H3. The number of nitrogens with zero attached hydrogens (tertiary/aromatic N) is 2. The van der Waals surface area contributed by atoms with Gasteiger partial charge >= 0.3 is 6.61 Å². The predicted molar refractivity (Wildman–Crippen MR) is 146 cm³/mol. The lowest BCUT2D eigenvalue weighted by Gasteiger charge is -2.46. The van der Waals surface area contributed by atoms with Crippen LogP contribution >= 0.6 is 0 Å². The zero-order valence-electron chi connectivity index (χ0n) is 22.4. The molecule has 0 spiro atoms. The lowest BCUT2D eigenvalue weighted by molar-refractivity contribution is -0.136. The zero-order chi connectivity index (χ0) is 28.0. The number of nitrogens with one attached hydrogen (secondary N) is 2. The highest BCUT2D eigenvalue weighted by Gasteiger charge is 2.49. The summed E-state index contributed by atoms with van der Waals surface area (Å²) in [6.07, 6.45) is 0.893. The number of aromatic nitrogens is 1. The number of aromatic amines is 1. The van der Waals surface area contributed by atoms with Gasteiger partial charge in [0.15, 0.2) is 0 Å². The van der Waals surface area contributed by atoms with Crippen molar-refractivity contribution in [1.29, 1.82) is 0 Å². The monoisotopic (exact) mass is 558 g/mol. The number of carbonyl (C=O) groups is 1. The summed E-state index contributed by atoms with van der Waals surface area (Å²) >= 11 is 0. The zero-order valence-corrected chi connectivity index (χ0v) is 22.4. The number of H-pyrrole nitrogens is 1. The van der Waals surface area contributed by atoms with Crippen molar-refractivity contribution in [2.24, 2.45) is 0 Å². The van der Waals surface area contributed by atoms with E-state index in [2.05, 4.69) is 15.2 Å². The van der Waals surface area contributed by atoms with Gasteiger partial charge in [0.05, 0.1) is 18.8 Å². The Bertz CT molecular complexity index is 1380. The maximum absolute atomic E-state index is 15.6. The first-order chi connectivity index (χ1) is 19.2. The SMILES string of the molecule is CC1Cc2c([nH]c3ccccc23)C(c2ccc(NC3CN(CCCF)C3)cc2OC(F)F)N1CC1(F)CC(=O)C1. The Kier molecular flexibility index (Phi) is 7.25. The fourth-order valence-corrected chi connectivity index (χ4v) is 6.59. The van der Waals surface area contributed by atoms with Gasteiger partial charge in [0.2, 0.25) is 0 Å². The molecule has 2 aliphatic heterocycles. The topological polar surface area (TPSA) is 60.6 Å². The van der Waals surface area contributed by atoms with Crippen LogP contribution in [0.25, 0.3) is 10.9 Å². The van der Waals surface area contributed by atoms with Crippen molar-refractivity contribution in [3.63, 3.8) is 0 Å². The van der Waals surface area contributed by atoms with E-state index in [0.717, 1.165) is 35.2 Å². The van der Waals surface area contributed by atoms with Gasteiger partial charge in [-0.1, -0.05) is 24.3 Å². The fourth-order valence-electron chi connectivity index (χ4n) is 6.59. The minimum Gasteiger partial charge on any atom is -0.434 e. The Hall–Kier alpha value is -3.11. The number of para-hydroxylation sites is 1. The van der Waals surface area contributed by atoms with Gasteiger partial charge in [0, 0.05) is 79.0 Å². The first-order valence-electron chi connectivity index (χ1n) is 13.9. The van der Waals surface area contributed by atoms with E-state index in [1.54, 1.807) is 12.1 Å². The van der Waals surface area contributed by atoms with E-state index in [9.17, 15) is 18.0 Å². The molecule has 2 unspecified atom stereocenters.